The van der Waals surface area contributed by atoms with Gasteiger partial charge in [-0.25, -0.2) is 4.99 Å². The van der Waals surface area contributed by atoms with Gasteiger partial charge < -0.3 is 15.0 Å². The second kappa shape index (κ2) is 10.5. The summed E-state index contributed by atoms with van der Waals surface area (Å²) < 4.78 is 7.62. The molecule has 0 spiro atoms. The lowest BCUT2D eigenvalue weighted by molar-refractivity contribution is -0.113. The molecule has 0 saturated carbocycles. The predicted octanol–water partition coefficient (Wildman–Crippen LogP) is 3.95. The summed E-state index contributed by atoms with van der Waals surface area (Å²) in [4.78, 5) is 34.8. The second-order valence-corrected chi connectivity index (χ2v) is 10.2. The molecule has 7 nitrogen and oxygen atoms in total. The first-order chi connectivity index (χ1) is 18.4. The van der Waals surface area contributed by atoms with Gasteiger partial charge in [0.2, 0.25) is 0 Å². The number of ether oxygens (including phenoxy) is 1. The zero-order valence-corrected chi connectivity index (χ0v) is 22.5. The molecule has 1 N–H and O–H groups in total. The molecule has 8 heteroatoms. The molecular formula is C30H28N4O3S. The highest BCUT2D eigenvalue weighted by Crippen LogP contribution is 2.32. The number of fused-ring (bicyclic) bond motifs is 1. The van der Waals surface area contributed by atoms with Gasteiger partial charge in [-0.15, -0.1) is 0 Å². The van der Waals surface area contributed by atoms with Crippen molar-refractivity contribution in [3.8, 4) is 5.75 Å². The maximum atomic E-state index is 13.9. The smallest absolute Gasteiger partial charge is 0.271 e. The van der Waals surface area contributed by atoms with Gasteiger partial charge >= 0.3 is 0 Å². The first kappa shape index (κ1) is 25.2. The molecule has 0 radical (unpaired) electrons. The molecule has 38 heavy (non-hydrogen) atoms. The Morgan fingerprint density at radius 1 is 1.05 bits per heavy atom. The highest BCUT2D eigenvalue weighted by molar-refractivity contribution is 7.07. The summed E-state index contributed by atoms with van der Waals surface area (Å²) in [5.74, 6) is 0.335. The Balaban J connectivity index is 1.65. The van der Waals surface area contributed by atoms with Gasteiger partial charge in [-0.2, -0.15) is 0 Å². The molecule has 2 heterocycles. The Kier molecular flexibility index (Phi) is 6.98. The van der Waals surface area contributed by atoms with Crippen LogP contribution >= 0.6 is 11.3 Å². The summed E-state index contributed by atoms with van der Waals surface area (Å²) in [5.41, 5.74) is 4.20. The van der Waals surface area contributed by atoms with Crippen LogP contribution in [-0.2, 0) is 4.79 Å². The summed E-state index contributed by atoms with van der Waals surface area (Å²) in [6.45, 7) is 1.81. The number of nitrogens with zero attached hydrogens (tertiary/aromatic N) is 3. The maximum Gasteiger partial charge on any atom is 0.271 e. The third kappa shape index (κ3) is 4.90. The Morgan fingerprint density at radius 3 is 2.47 bits per heavy atom. The SMILES string of the molecule is COc1cccc([C@@H]2C(C(=O)Nc3ccccc3)=C(C)N=c3s/c(=C/c4ccc(N(C)C)cc4)c(=O)n32)c1. The molecule has 0 aliphatic carbocycles. The number of aromatic nitrogens is 1. The molecule has 192 valence electrons. The number of benzene rings is 3. The van der Waals surface area contributed by atoms with E-state index in [2.05, 4.69) is 5.32 Å². The molecule has 0 unspecified atom stereocenters. The van der Waals surface area contributed by atoms with Crippen molar-refractivity contribution >= 4 is 34.7 Å². The number of thiazole rings is 1. The highest BCUT2D eigenvalue weighted by atomic mass is 32.1. The van der Waals surface area contributed by atoms with E-state index in [4.69, 9.17) is 9.73 Å². The molecule has 0 bridgehead atoms. The second-order valence-electron chi connectivity index (χ2n) is 9.16. The van der Waals surface area contributed by atoms with Crippen LogP contribution in [0.15, 0.2) is 99.9 Å². The standard InChI is InChI=1S/C30H28N4O3S/c1-19-26(28(35)32-22-10-6-5-7-11-22)27(21-9-8-12-24(18-21)37-4)34-29(36)25(38-30(34)31-19)17-20-13-15-23(16-14-20)33(2)3/h5-18,27H,1-4H3,(H,32,35)/b25-17+/t27-/m1/s1. The van der Waals surface area contributed by atoms with E-state index < -0.39 is 6.04 Å². The first-order valence-corrected chi connectivity index (χ1v) is 13.0. The quantitative estimate of drug-likeness (QED) is 0.415. The average molecular weight is 525 g/mol. The maximum absolute atomic E-state index is 13.9. The Hall–Kier alpha value is -4.43. The number of nitrogens with one attached hydrogen (secondary N) is 1. The van der Waals surface area contributed by atoms with E-state index in [9.17, 15) is 9.59 Å². The molecule has 0 fully saturated rings. The van der Waals surface area contributed by atoms with E-state index in [1.54, 1.807) is 11.7 Å². The van der Waals surface area contributed by atoms with Gasteiger partial charge in [0.05, 0.1) is 29.0 Å². The van der Waals surface area contributed by atoms with Crippen LogP contribution in [0, 0.1) is 0 Å². The molecule has 1 aromatic heterocycles. The van der Waals surface area contributed by atoms with Crippen LogP contribution in [0.1, 0.15) is 24.1 Å². The summed E-state index contributed by atoms with van der Waals surface area (Å²) in [7, 11) is 5.56. The summed E-state index contributed by atoms with van der Waals surface area (Å²) in [6, 6.07) is 24.0. The van der Waals surface area contributed by atoms with Crippen LogP contribution in [-0.4, -0.2) is 31.7 Å². The summed E-state index contributed by atoms with van der Waals surface area (Å²) >= 11 is 1.32. The third-order valence-corrected chi connectivity index (χ3v) is 7.40. The van der Waals surface area contributed by atoms with Crippen molar-refractivity contribution in [1.29, 1.82) is 0 Å². The molecule has 5 rings (SSSR count). The van der Waals surface area contributed by atoms with Crippen molar-refractivity contribution in [1.82, 2.24) is 4.57 Å². The van der Waals surface area contributed by atoms with Gasteiger partial charge in [-0.1, -0.05) is 53.8 Å². The van der Waals surface area contributed by atoms with Gasteiger partial charge in [0, 0.05) is 25.5 Å². The van der Waals surface area contributed by atoms with Gasteiger partial charge in [0.25, 0.3) is 11.5 Å². The number of allylic oxidation sites excluding steroid dienone is 1. The minimum atomic E-state index is -0.664. The van der Waals surface area contributed by atoms with Crippen molar-refractivity contribution in [3.63, 3.8) is 0 Å². The van der Waals surface area contributed by atoms with E-state index in [1.807, 2.05) is 111 Å². The van der Waals surface area contributed by atoms with Crippen LogP contribution in [0.4, 0.5) is 11.4 Å². The van der Waals surface area contributed by atoms with E-state index in [-0.39, 0.29) is 11.5 Å². The molecular weight excluding hydrogens is 496 g/mol. The molecule has 4 aromatic rings. The largest absolute Gasteiger partial charge is 0.497 e. The number of carbonyl (C=O) groups excluding carboxylic acids is 1. The fourth-order valence-corrected chi connectivity index (χ4v) is 5.53. The van der Waals surface area contributed by atoms with Gasteiger partial charge in [0.15, 0.2) is 4.80 Å². The fraction of sp³-hybridized carbons (Fsp3) is 0.167. The number of amides is 1. The molecule has 0 saturated heterocycles. The van der Waals surface area contributed by atoms with Crippen molar-refractivity contribution in [2.75, 3.05) is 31.4 Å². The van der Waals surface area contributed by atoms with Crippen LogP contribution < -0.4 is 29.8 Å². The van der Waals surface area contributed by atoms with Crippen molar-refractivity contribution in [2.24, 2.45) is 4.99 Å². The first-order valence-electron chi connectivity index (χ1n) is 12.2. The number of anilines is 2. The molecule has 1 aliphatic rings. The third-order valence-electron chi connectivity index (χ3n) is 6.41. The van der Waals surface area contributed by atoms with E-state index >= 15 is 0 Å². The molecule has 3 aromatic carbocycles. The van der Waals surface area contributed by atoms with Gasteiger partial charge in [-0.3, -0.25) is 14.2 Å². The summed E-state index contributed by atoms with van der Waals surface area (Å²) in [6.07, 6.45) is 1.87. The number of hydrogen-bond acceptors (Lipinski definition) is 6. The van der Waals surface area contributed by atoms with Crippen LogP contribution in [0.2, 0.25) is 0 Å². The zero-order chi connectivity index (χ0) is 26.8. The van der Waals surface area contributed by atoms with Gasteiger partial charge in [0.1, 0.15) is 5.75 Å². The lowest BCUT2D eigenvalue weighted by atomic mass is 9.95. The lowest BCUT2D eigenvalue weighted by Crippen LogP contribution is -2.40. The zero-order valence-electron chi connectivity index (χ0n) is 21.6. The average Bonchev–Trinajstić information content (AvgIpc) is 3.22. The number of rotatable bonds is 6. The van der Waals surface area contributed by atoms with Gasteiger partial charge in [-0.05, 0) is 60.5 Å². The lowest BCUT2D eigenvalue weighted by Gasteiger charge is -2.25. The normalized spacial score (nSPS) is 15.1. The highest BCUT2D eigenvalue weighted by Gasteiger charge is 2.32. The van der Waals surface area contributed by atoms with Crippen molar-refractivity contribution in [3.05, 3.63) is 121 Å². The van der Waals surface area contributed by atoms with E-state index in [0.717, 1.165) is 16.8 Å². The van der Waals surface area contributed by atoms with E-state index in [1.165, 1.54) is 11.3 Å². The molecule has 1 atom stereocenters. The Labute approximate surface area is 224 Å². The van der Waals surface area contributed by atoms with Crippen molar-refractivity contribution < 1.29 is 9.53 Å². The Bertz CT molecular complexity index is 1700. The molecule has 1 aliphatic heterocycles. The number of hydrogen-bond donors (Lipinski definition) is 1. The predicted molar refractivity (Wildman–Crippen MR) is 153 cm³/mol. The van der Waals surface area contributed by atoms with Crippen molar-refractivity contribution in [2.45, 2.75) is 13.0 Å². The van der Waals surface area contributed by atoms with Crippen LogP contribution in [0.5, 0.6) is 5.75 Å². The van der Waals surface area contributed by atoms with E-state index in [0.29, 0.717) is 32.0 Å². The van der Waals surface area contributed by atoms with Crippen LogP contribution in [0.25, 0.3) is 6.08 Å². The minimum Gasteiger partial charge on any atom is -0.497 e. The van der Waals surface area contributed by atoms with Crippen LogP contribution in [0.3, 0.4) is 0 Å². The topological polar surface area (TPSA) is 75.9 Å². The Morgan fingerprint density at radius 2 is 1.79 bits per heavy atom. The number of carbonyl (C=O) groups is 1. The summed E-state index contributed by atoms with van der Waals surface area (Å²) in [5, 5.41) is 2.97. The number of methoxy groups -OCH3 is 1. The monoisotopic (exact) mass is 524 g/mol. The fourth-order valence-electron chi connectivity index (χ4n) is 4.48. The number of para-hydroxylation sites is 1. The minimum absolute atomic E-state index is 0.198. The molecule has 1 amide bonds.